The summed E-state index contributed by atoms with van der Waals surface area (Å²) in [5.74, 6) is -1.91. The van der Waals surface area contributed by atoms with Crippen LogP contribution >= 0.6 is 23.2 Å². The Morgan fingerprint density at radius 1 is 0.949 bits per heavy atom. The maximum atomic E-state index is 17.2. The van der Waals surface area contributed by atoms with Gasteiger partial charge < -0.3 is 20.2 Å². The number of aromatic nitrogens is 3. The zero-order valence-electron chi connectivity index (χ0n) is 33.0. The number of likely N-dealkylation sites (tertiary alicyclic amines) is 1. The van der Waals surface area contributed by atoms with E-state index in [0.29, 0.717) is 61.2 Å². The number of anilines is 1. The van der Waals surface area contributed by atoms with Gasteiger partial charge in [0, 0.05) is 40.9 Å². The zero-order chi connectivity index (χ0) is 41.1. The van der Waals surface area contributed by atoms with Gasteiger partial charge in [-0.15, -0.1) is 10.2 Å². The number of carbonyl (C=O) groups is 2. The first-order valence-corrected chi connectivity index (χ1v) is 21.2. The molecule has 306 valence electrons. The number of amides is 2. The highest BCUT2D eigenvalue weighted by Crippen LogP contribution is 2.69. The monoisotopic (exact) mass is 836 g/mol. The summed E-state index contributed by atoms with van der Waals surface area (Å²) < 4.78 is 22.7. The lowest BCUT2D eigenvalue weighted by atomic mass is 9.53. The third-order valence-electron chi connectivity index (χ3n) is 13.9. The van der Waals surface area contributed by atoms with Crippen molar-refractivity contribution in [3.8, 4) is 0 Å². The molecule has 2 aliphatic heterocycles. The number of carbonyl (C=O) groups excluding carboxylic acids is 2. The Morgan fingerprint density at radius 3 is 2.29 bits per heavy atom. The van der Waals surface area contributed by atoms with Crippen molar-refractivity contribution in [2.75, 3.05) is 5.32 Å². The Hall–Kier alpha value is -4.68. The van der Waals surface area contributed by atoms with Crippen LogP contribution in [0, 0.1) is 11.2 Å². The van der Waals surface area contributed by atoms with E-state index in [0.717, 1.165) is 18.4 Å². The summed E-state index contributed by atoms with van der Waals surface area (Å²) in [6, 6.07) is 23.2. The van der Waals surface area contributed by atoms with Crippen LogP contribution in [0.3, 0.4) is 0 Å². The van der Waals surface area contributed by atoms with Crippen LogP contribution in [0.5, 0.6) is 0 Å². The molecule has 4 aliphatic rings. The molecule has 3 N–H and O–H groups in total. The van der Waals surface area contributed by atoms with Gasteiger partial charge in [0.05, 0.1) is 23.2 Å². The number of aliphatic hydroxyl groups excluding tert-OH is 1. The number of rotatable bonds is 8. The van der Waals surface area contributed by atoms with Crippen molar-refractivity contribution in [1.82, 2.24) is 25.4 Å². The highest BCUT2D eigenvalue weighted by molar-refractivity contribution is 6.31. The van der Waals surface area contributed by atoms with Crippen molar-refractivity contribution >= 4 is 40.7 Å². The summed E-state index contributed by atoms with van der Waals surface area (Å²) in [7, 11) is 0. The fourth-order valence-corrected chi connectivity index (χ4v) is 11.4. The maximum absolute atomic E-state index is 17.2. The van der Waals surface area contributed by atoms with E-state index in [1.165, 1.54) is 12.5 Å². The molecule has 2 aliphatic carbocycles. The molecule has 0 radical (unpaired) electrons. The normalized spacial score (nSPS) is 27.0. The van der Waals surface area contributed by atoms with Gasteiger partial charge in [-0.25, -0.2) is 9.37 Å². The van der Waals surface area contributed by atoms with Gasteiger partial charge in [-0.3, -0.25) is 14.5 Å². The molecule has 5 aromatic rings. The summed E-state index contributed by atoms with van der Waals surface area (Å²) >= 11 is 13.2. The standard InChI is InChI=1S/C46H47Cl2FN6O4/c1-44(2)20-22-45(23-21-44)46(32-25-50-35(48)24-34(32)53-43(46)58)36(31-14-9-15-33(47)37(31)49)39(41(57)52-30-18-16-29(17-19-30)42-54-51-26-59-42)55(45)38(27-10-5-3-6-11-27)40(56)28-12-7-4-8-13-28/h3-15,24-26,29-30,36,38-40,56H,16-23H2,1-2H3,(H,52,57)(H,53,58)/t29-,30-,36-,38+,39+,40-,46+/m0/s1. The predicted octanol–water partition coefficient (Wildman–Crippen LogP) is 9.22. The average molecular weight is 838 g/mol. The molecular weight excluding hydrogens is 790 g/mol. The smallest absolute Gasteiger partial charge is 0.238 e. The van der Waals surface area contributed by atoms with E-state index in [1.807, 2.05) is 60.7 Å². The first-order chi connectivity index (χ1) is 28.4. The van der Waals surface area contributed by atoms with Gasteiger partial charge >= 0.3 is 0 Å². The van der Waals surface area contributed by atoms with Gasteiger partial charge in [0.2, 0.25) is 24.1 Å². The van der Waals surface area contributed by atoms with E-state index < -0.39 is 40.9 Å². The number of hydrogen-bond acceptors (Lipinski definition) is 8. The highest BCUT2D eigenvalue weighted by atomic mass is 35.5. The van der Waals surface area contributed by atoms with Crippen LogP contribution in [0.15, 0.2) is 102 Å². The third kappa shape index (κ3) is 6.56. The number of aliphatic hydroxyl groups is 1. The van der Waals surface area contributed by atoms with Gasteiger partial charge in [-0.05, 0) is 85.6 Å². The summed E-state index contributed by atoms with van der Waals surface area (Å²) in [6.45, 7) is 4.43. The van der Waals surface area contributed by atoms with E-state index in [4.69, 9.17) is 27.6 Å². The van der Waals surface area contributed by atoms with Gasteiger partial charge in [-0.1, -0.05) is 110 Å². The number of halogens is 3. The van der Waals surface area contributed by atoms with Crippen LogP contribution in [0.25, 0.3) is 0 Å². The second-order valence-electron chi connectivity index (χ2n) is 17.5. The molecule has 2 saturated carbocycles. The van der Waals surface area contributed by atoms with Crippen molar-refractivity contribution in [2.24, 2.45) is 5.41 Å². The van der Waals surface area contributed by atoms with E-state index in [-0.39, 0.29) is 44.9 Å². The van der Waals surface area contributed by atoms with Crippen molar-refractivity contribution < 1.29 is 23.5 Å². The summed E-state index contributed by atoms with van der Waals surface area (Å²) in [4.78, 5) is 38.2. The van der Waals surface area contributed by atoms with Crippen molar-refractivity contribution in [3.63, 3.8) is 0 Å². The van der Waals surface area contributed by atoms with E-state index >= 15 is 14.0 Å². The minimum atomic E-state index is -1.59. The Labute approximate surface area is 352 Å². The lowest BCUT2D eigenvalue weighted by Crippen LogP contribution is -2.64. The van der Waals surface area contributed by atoms with Gasteiger partial charge in [0.25, 0.3) is 0 Å². The number of pyridine rings is 1. The van der Waals surface area contributed by atoms with Gasteiger partial charge in [0.1, 0.15) is 16.4 Å². The molecule has 0 bridgehead atoms. The molecule has 2 aromatic heterocycles. The predicted molar refractivity (Wildman–Crippen MR) is 222 cm³/mol. The molecular formula is C46H47Cl2FN6O4. The summed E-state index contributed by atoms with van der Waals surface area (Å²) in [5, 5.41) is 27.6. The Kier molecular flexibility index (Phi) is 10.4. The van der Waals surface area contributed by atoms with Gasteiger partial charge in [-0.2, -0.15) is 0 Å². The topological polar surface area (TPSA) is 133 Å². The number of hydrogen-bond donors (Lipinski definition) is 3. The minimum absolute atomic E-state index is 0.0700. The fraction of sp³-hybridized carbons (Fsp3) is 0.413. The van der Waals surface area contributed by atoms with Gasteiger partial charge in [0.15, 0.2) is 0 Å². The number of nitrogens with one attached hydrogen (secondary N) is 2. The molecule has 9 rings (SSSR count). The van der Waals surface area contributed by atoms with Crippen LogP contribution in [0.1, 0.15) is 117 Å². The summed E-state index contributed by atoms with van der Waals surface area (Å²) in [5.41, 5.74) is -0.331. The van der Waals surface area contributed by atoms with E-state index in [1.54, 1.807) is 24.4 Å². The van der Waals surface area contributed by atoms with E-state index in [2.05, 4.69) is 44.6 Å². The van der Waals surface area contributed by atoms with Crippen LogP contribution in [0.2, 0.25) is 10.2 Å². The lowest BCUT2D eigenvalue weighted by Gasteiger charge is -2.56. The SMILES string of the molecule is CC1(C)CCC2(CC1)N([C@H](c1ccccc1)[C@@H](O)c1ccccc1)[C@@H](C(=O)N[C@H]1CC[C@H](c3nnco3)CC1)[C@H](c1cccc(Cl)c1F)[C@]21C(=O)Nc2cc(Cl)ncc21. The molecule has 3 aromatic carbocycles. The number of benzene rings is 3. The fourth-order valence-electron chi connectivity index (χ4n) is 11.1. The molecule has 13 heteroatoms. The first kappa shape index (κ1) is 39.8. The average Bonchev–Trinajstić information content (AvgIpc) is 3.94. The maximum Gasteiger partial charge on any atom is 0.238 e. The largest absolute Gasteiger partial charge is 0.428 e. The van der Waals surface area contributed by atoms with Crippen LogP contribution in [-0.4, -0.2) is 54.6 Å². The Morgan fingerprint density at radius 2 is 1.63 bits per heavy atom. The lowest BCUT2D eigenvalue weighted by molar-refractivity contribution is -0.137. The Balaban J connectivity index is 1.31. The Bertz CT molecular complexity index is 2330. The zero-order valence-corrected chi connectivity index (χ0v) is 34.5. The van der Waals surface area contributed by atoms with Crippen molar-refractivity contribution in [2.45, 2.75) is 112 Å². The van der Waals surface area contributed by atoms with E-state index in [9.17, 15) is 5.11 Å². The molecule has 5 atom stereocenters. The van der Waals surface area contributed by atoms with Crippen molar-refractivity contribution in [1.29, 1.82) is 0 Å². The van der Waals surface area contributed by atoms with Crippen molar-refractivity contribution in [3.05, 3.63) is 142 Å². The van der Waals surface area contributed by atoms with Crippen LogP contribution in [0.4, 0.5) is 10.1 Å². The minimum Gasteiger partial charge on any atom is -0.428 e. The molecule has 2 spiro atoms. The quantitative estimate of drug-likeness (QED) is 0.132. The molecule has 3 fully saturated rings. The first-order valence-electron chi connectivity index (χ1n) is 20.5. The second-order valence-corrected chi connectivity index (χ2v) is 18.3. The second kappa shape index (κ2) is 15.4. The molecule has 1 saturated heterocycles. The molecule has 10 nitrogen and oxygen atoms in total. The molecule has 59 heavy (non-hydrogen) atoms. The number of nitrogens with zero attached hydrogens (tertiary/aromatic N) is 4. The molecule has 0 unspecified atom stereocenters. The highest BCUT2D eigenvalue weighted by Gasteiger charge is 2.77. The van der Waals surface area contributed by atoms with Crippen LogP contribution < -0.4 is 10.6 Å². The molecule has 4 heterocycles. The van der Waals surface area contributed by atoms with Crippen LogP contribution in [-0.2, 0) is 15.0 Å². The molecule has 2 amide bonds. The third-order valence-corrected chi connectivity index (χ3v) is 14.4. The number of fused-ring (bicyclic) bond motifs is 3. The summed E-state index contributed by atoms with van der Waals surface area (Å²) in [6.07, 6.45) is 6.81.